The third-order valence-corrected chi connectivity index (χ3v) is 5.17. The van der Waals surface area contributed by atoms with E-state index < -0.39 is 0 Å². The zero-order valence-corrected chi connectivity index (χ0v) is 11.0. The molecule has 0 amide bonds. The third kappa shape index (κ3) is 2.27. The molecule has 1 aliphatic rings. The summed E-state index contributed by atoms with van der Waals surface area (Å²) in [4.78, 5) is 5.49. The second-order valence-corrected chi connectivity index (χ2v) is 6.33. The number of benzene rings is 1. The lowest BCUT2D eigenvalue weighted by Gasteiger charge is -2.22. The molecule has 1 saturated heterocycles. The van der Waals surface area contributed by atoms with Gasteiger partial charge in [0.2, 0.25) is 0 Å². The van der Waals surface area contributed by atoms with Crippen molar-refractivity contribution in [2.45, 2.75) is 23.0 Å². The van der Waals surface area contributed by atoms with Gasteiger partial charge in [-0.05, 0) is 25.0 Å². The molecule has 0 atom stereocenters. The van der Waals surface area contributed by atoms with Crippen LogP contribution in [0.25, 0.3) is 10.2 Å². The van der Waals surface area contributed by atoms with Crippen LogP contribution in [0, 0.1) is 0 Å². The van der Waals surface area contributed by atoms with Crippen LogP contribution in [0.15, 0.2) is 22.5 Å². The van der Waals surface area contributed by atoms with Crippen LogP contribution < -0.4 is 5.73 Å². The van der Waals surface area contributed by atoms with Gasteiger partial charge in [0.25, 0.3) is 0 Å². The average Bonchev–Trinajstić information content (AvgIpc) is 2.83. The van der Waals surface area contributed by atoms with Gasteiger partial charge in [0.15, 0.2) is 0 Å². The summed E-state index contributed by atoms with van der Waals surface area (Å²) in [5, 5.41) is 0.627. The van der Waals surface area contributed by atoms with Gasteiger partial charge in [-0.1, -0.05) is 0 Å². The van der Waals surface area contributed by atoms with Crippen molar-refractivity contribution in [3.8, 4) is 0 Å². The average molecular weight is 266 g/mol. The van der Waals surface area contributed by atoms with Gasteiger partial charge in [-0.2, -0.15) is 0 Å². The van der Waals surface area contributed by atoms with Gasteiger partial charge in [0.05, 0.1) is 15.9 Å². The molecule has 5 heteroatoms. The quantitative estimate of drug-likeness (QED) is 0.848. The Bertz CT molecular complexity index is 520. The maximum absolute atomic E-state index is 6.17. The van der Waals surface area contributed by atoms with E-state index in [9.17, 15) is 0 Å². The number of nitrogen functional groups attached to an aromatic ring is 1. The van der Waals surface area contributed by atoms with Gasteiger partial charge in [-0.3, -0.25) is 0 Å². The number of hydrogen-bond donors (Lipinski definition) is 1. The number of thiazole rings is 1. The van der Waals surface area contributed by atoms with Gasteiger partial charge in [0.1, 0.15) is 5.52 Å². The summed E-state index contributed by atoms with van der Waals surface area (Å²) in [6, 6.07) is 4.24. The second kappa shape index (κ2) is 4.84. The van der Waals surface area contributed by atoms with Gasteiger partial charge < -0.3 is 10.5 Å². The SMILES string of the molecule is Nc1c(SC2CCOCC2)ccc2scnc12. The minimum Gasteiger partial charge on any atom is -0.396 e. The number of nitrogens with two attached hydrogens (primary N) is 1. The molecule has 0 spiro atoms. The summed E-state index contributed by atoms with van der Waals surface area (Å²) >= 11 is 3.50. The minimum atomic E-state index is 0.627. The zero-order valence-electron chi connectivity index (χ0n) is 9.39. The monoisotopic (exact) mass is 266 g/mol. The Hall–Kier alpha value is -0.780. The number of fused-ring (bicyclic) bond motifs is 1. The fraction of sp³-hybridized carbons (Fsp3) is 0.417. The first-order chi connectivity index (χ1) is 8.34. The lowest BCUT2D eigenvalue weighted by atomic mass is 10.2. The lowest BCUT2D eigenvalue weighted by molar-refractivity contribution is 0.100. The first-order valence-corrected chi connectivity index (χ1v) is 7.46. The van der Waals surface area contributed by atoms with Crippen LogP contribution in [0.4, 0.5) is 5.69 Å². The van der Waals surface area contributed by atoms with E-state index in [1.54, 1.807) is 11.3 Å². The molecule has 3 nitrogen and oxygen atoms in total. The number of rotatable bonds is 2. The normalized spacial score (nSPS) is 17.6. The lowest BCUT2D eigenvalue weighted by Crippen LogP contribution is -2.17. The van der Waals surface area contributed by atoms with Crippen molar-refractivity contribution < 1.29 is 4.74 Å². The molecule has 1 aromatic carbocycles. The minimum absolute atomic E-state index is 0.627. The Kier molecular flexibility index (Phi) is 3.22. The largest absolute Gasteiger partial charge is 0.396 e. The number of aromatic nitrogens is 1. The number of hydrogen-bond acceptors (Lipinski definition) is 5. The second-order valence-electron chi connectivity index (χ2n) is 4.11. The Balaban J connectivity index is 1.86. The van der Waals surface area contributed by atoms with Crippen molar-refractivity contribution in [3.63, 3.8) is 0 Å². The van der Waals surface area contributed by atoms with E-state index in [0.717, 1.165) is 42.2 Å². The summed E-state index contributed by atoms with van der Waals surface area (Å²) in [6.45, 7) is 1.74. The Labute approximate surface area is 108 Å². The molecule has 2 aromatic rings. The van der Waals surface area contributed by atoms with Gasteiger partial charge >= 0.3 is 0 Å². The Morgan fingerprint density at radius 2 is 2.18 bits per heavy atom. The predicted molar refractivity (Wildman–Crippen MR) is 73.7 cm³/mol. The van der Waals surface area contributed by atoms with Crippen LogP contribution in [0.2, 0.25) is 0 Å². The van der Waals surface area contributed by atoms with Crippen LogP contribution in [0.5, 0.6) is 0 Å². The van der Waals surface area contributed by atoms with E-state index in [0.29, 0.717) is 5.25 Å². The van der Waals surface area contributed by atoms with E-state index in [1.807, 2.05) is 17.3 Å². The topological polar surface area (TPSA) is 48.1 Å². The third-order valence-electron chi connectivity index (χ3n) is 2.96. The van der Waals surface area contributed by atoms with Crippen LogP contribution >= 0.6 is 23.1 Å². The maximum atomic E-state index is 6.17. The summed E-state index contributed by atoms with van der Waals surface area (Å²) in [7, 11) is 0. The highest BCUT2D eigenvalue weighted by Crippen LogP contribution is 2.37. The number of anilines is 1. The van der Waals surface area contributed by atoms with Crippen LogP contribution in [0.1, 0.15) is 12.8 Å². The predicted octanol–water partition coefficient (Wildman–Crippen LogP) is 3.15. The number of nitrogens with zero attached hydrogens (tertiary/aromatic N) is 1. The molecule has 90 valence electrons. The molecule has 0 unspecified atom stereocenters. The van der Waals surface area contributed by atoms with E-state index in [4.69, 9.17) is 10.5 Å². The van der Waals surface area contributed by atoms with E-state index in [1.165, 1.54) is 4.70 Å². The first-order valence-electron chi connectivity index (χ1n) is 5.70. The van der Waals surface area contributed by atoms with E-state index >= 15 is 0 Å². The molecule has 1 aliphatic heterocycles. The molecule has 1 fully saturated rings. The highest BCUT2D eigenvalue weighted by molar-refractivity contribution is 8.00. The fourth-order valence-electron chi connectivity index (χ4n) is 2.01. The molecule has 0 saturated carbocycles. The van der Waals surface area contributed by atoms with Crippen molar-refractivity contribution in [1.82, 2.24) is 4.98 Å². The van der Waals surface area contributed by atoms with Crippen molar-refractivity contribution in [1.29, 1.82) is 0 Å². The summed E-state index contributed by atoms with van der Waals surface area (Å²) in [6.07, 6.45) is 2.22. The van der Waals surface area contributed by atoms with Crippen LogP contribution in [-0.2, 0) is 4.74 Å². The van der Waals surface area contributed by atoms with Gasteiger partial charge in [0, 0.05) is 23.4 Å². The first kappa shape index (κ1) is 11.3. The zero-order chi connectivity index (χ0) is 11.7. The molecule has 3 rings (SSSR count). The molecule has 2 N–H and O–H groups in total. The summed E-state index contributed by atoms with van der Waals surface area (Å²) < 4.78 is 6.54. The molecular formula is C12H14N2OS2. The molecule has 2 heterocycles. The molecule has 17 heavy (non-hydrogen) atoms. The molecule has 0 radical (unpaired) electrons. The highest BCUT2D eigenvalue weighted by Gasteiger charge is 2.17. The van der Waals surface area contributed by atoms with Crippen molar-refractivity contribution >= 4 is 39.0 Å². The molecular weight excluding hydrogens is 252 g/mol. The Morgan fingerprint density at radius 1 is 1.35 bits per heavy atom. The van der Waals surface area contributed by atoms with Crippen molar-refractivity contribution in [2.24, 2.45) is 0 Å². The standard InChI is InChI=1S/C12H14N2OS2/c13-11-9(17-8-3-5-15-6-4-8)1-2-10-12(11)14-7-16-10/h1-2,7-8H,3-6,13H2. The fourth-order valence-corrected chi connectivity index (χ4v) is 3.86. The smallest absolute Gasteiger partial charge is 0.105 e. The van der Waals surface area contributed by atoms with Crippen LogP contribution in [0.3, 0.4) is 0 Å². The van der Waals surface area contributed by atoms with Gasteiger partial charge in [-0.15, -0.1) is 23.1 Å². The van der Waals surface area contributed by atoms with E-state index in [2.05, 4.69) is 17.1 Å². The number of thioether (sulfide) groups is 1. The van der Waals surface area contributed by atoms with Gasteiger partial charge in [-0.25, -0.2) is 4.98 Å². The van der Waals surface area contributed by atoms with Crippen LogP contribution in [-0.4, -0.2) is 23.4 Å². The highest BCUT2D eigenvalue weighted by atomic mass is 32.2. The summed E-state index contributed by atoms with van der Waals surface area (Å²) in [5.41, 5.74) is 9.81. The van der Waals surface area contributed by atoms with Crippen molar-refractivity contribution in [2.75, 3.05) is 18.9 Å². The molecule has 1 aromatic heterocycles. The number of ether oxygens (including phenoxy) is 1. The molecule has 0 bridgehead atoms. The maximum Gasteiger partial charge on any atom is 0.105 e. The van der Waals surface area contributed by atoms with Crippen molar-refractivity contribution in [3.05, 3.63) is 17.6 Å². The van der Waals surface area contributed by atoms with E-state index in [-0.39, 0.29) is 0 Å². The Morgan fingerprint density at radius 3 is 3.00 bits per heavy atom. The molecule has 0 aliphatic carbocycles. The summed E-state index contributed by atoms with van der Waals surface area (Å²) in [5.74, 6) is 0.